The van der Waals surface area contributed by atoms with Gasteiger partial charge in [0.15, 0.2) is 11.6 Å². The number of fused-ring (bicyclic) bond motifs is 3. The molecule has 0 atom stereocenters. The average Bonchev–Trinajstić information content (AvgIpc) is 3.54. The zero-order valence-corrected chi connectivity index (χ0v) is 29.9. The van der Waals surface area contributed by atoms with Crippen molar-refractivity contribution in [3.05, 3.63) is 182 Å². The second-order valence-electron chi connectivity index (χ2n) is 12.4. The maximum Gasteiger partial charge on any atom is 0.165 e. The third-order valence-electron chi connectivity index (χ3n) is 9.32. The molecule has 3 heterocycles. The number of hydrogen-bond donors (Lipinski definition) is 1. The minimum Gasteiger partial charge on any atom is -0.504 e. The summed E-state index contributed by atoms with van der Waals surface area (Å²) in [7, 11) is 0. The summed E-state index contributed by atoms with van der Waals surface area (Å²) in [5.74, 6) is -1.12. The zero-order chi connectivity index (χ0) is 34.3. The molecule has 0 unspecified atom stereocenters. The van der Waals surface area contributed by atoms with Crippen molar-refractivity contribution in [2.75, 3.05) is 0 Å². The van der Waals surface area contributed by atoms with E-state index >= 15 is 0 Å². The molecule has 0 aliphatic rings. The van der Waals surface area contributed by atoms with E-state index in [0.29, 0.717) is 17.0 Å². The molecular formula is C46H29FN3OPt-. The Morgan fingerprint density at radius 3 is 2.00 bits per heavy atom. The number of aromatic nitrogens is 3. The second kappa shape index (κ2) is 13.9. The molecule has 0 spiro atoms. The molecule has 0 bridgehead atoms. The van der Waals surface area contributed by atoms with Gasteiger partial charge in [-0.15, -0.1) is 24.3 Å². The molecule has 6 aromatic carbocycles. The van der Waals surface area contributed by atoms with Crippen LogP contribution < -0.4 is 0 Å². The molecule has 6 heteroatoms. The Morgan fingerprint density at radius 2 is 1.17 bits per heavy atom. The van der Waals surface area contributed by atoms with Gasteiger partial charge >= 0.3 is 0 Å². The maximum absolute atomic E-state index is 14.5. The van der Waals surface area contributed by atoms with Gasteiger partial charge in [0.2, 0.25) is 0 Å². The molecule has 1 N–H and O–H groups in total. The summed E-state index contributed by atoms with van der Waals surface area (Å²) >= 11 is 0. The second-order valence-corrected chi connectivity index (χ2v) is 12.4. The number of benzene rings is 6. The molecule has 0 saturated carbocycles. The Balaban J connectivity index is 0.00000387. The molecule has 0 aliphatic carbocycles. The van der Waals surface area contributed by atoms with Gasteiger partial charge < -0.3 is 9.67 Å². The first kappa shape index (κ1) is 33.0. The monoisotopic (exact) mass is 853 g/mol. The smallest absolute Gasteiger partial charge is 0.165 e. The van der Waals surface area contributed by atoms with Crippen LogP contribution in [0.3, 0.4) is 0 Å². The van der Waals surface area contributed by atoms with E-state index in [0.717, 1.165) is 55.8 Å². The normalized spacial score (nSPS) is 11.1. The largest absolute Gasteiger partial charge is 0.504 e. The predicted molar refractivity (Wildman–Crippen MR) is 204 cm³/mol. The van der Waals surface area contributed by atoms with Crippen LogP contribution in [0.25, 0.3) is 83.5 Å². The standard InChI is InChI=1S/C46H29FN3O.Pt/c47-40-22-11-21-39(46(40)51)43-29-34(30-12-3-1-4-13-30)28-42(49-43)33-15-9-14-32(26-33)41-27-31(24-25-48-41)36-19-10-20-38-37-18-7-8-23-44(37)50(45(36)38)35-16-5-2-6-17-35;/h1-25,27-29,51H;/q-1;. The van der Waals surface area contributed by atoms with Crippen molar-refractivity contribution in [1.82, 2.24) is 14.5 Å². The quantitative estimate of drug-likeness (QED) is 0.170. The molecular weight excluding hydrogens is 825 g/mol. The number of aromatic hydroxyl groups is 1. The fraction of sp³-hybridized carbons (Fsp3) is 0. The van der Waals surface area contributed by atoms with Crippen molar-refractivity contribution in [3.63, 3.8) is 0 Å². The van der Waals surface area contributed by atoms with Crippen LogP contribution in [0.2, 0.25) is 0 Å². The van der Waals surface area contributed by atoms with Gasteiger partial charge in [0.05, 0.1) is 16.7 Å². The fourth-order valence-electron chi connectivity index (χ4n) is 6.94. The Morgan fingerprint density at radius 1 is 0.538 bits per heavy atom. The van der Waals surface area contributed by atoms with E-state index in [1.165, 1.54) is 16.8 Å². The van der Waals surface area contributed by atoms with Gasteiger partial charge in [-0.2, -0.15) is 0 Å². The van der Waals surface area contributed by atoms with Crippen LogP contribution in [0.4, 0.5) is 4.39 Å². The molecule has 9 aromatic rings. The summed E-state index contributed by atoms with van der Waals surface area (Å²) in [5, 5.41) is 13.0. The first-order valence-electron chi connectivity index (χ1n) is 16.7. The van der Waals surface area contributed by atoms with Crippen molar-refractivity contribution in [1.29, 1.82) is 0 Å². The van der Waals surface area contributed by atoms with Gasteiger partial charge in [-0.05, 0) is 59.2 Å². The molecule has 252 valence electrons. The van der Waals surface area contributed by atoms with E-state index in [1.54, 1.807) is 12.1 Å². The molecule has 0 saturated heterocycles. The van der Waals surface area contributed by atoms with Crippen LogP contribution in [-0.4, -0.2) is 19.6 Å². The Kier molecular flexibility index (Phi) is 8.80. The average molecular weight is 854 g/mol. The van der Waals surface area contributed by atoms with Gasteiger partial charge in [0, 0.05) is 66.2 Å². The molecule has 4 nitrogen and oxygen atoms in total. The fourth-order valence-corrected chi connectivity index (χ4v) is 6.94. The van der Waals surface area contributed by atoms with Crippen LogP contribution in [0.1, 0.15) is 0 Å². The summed E-state index contributed by atoms with van der Waals surface area (Å²) in [5.41, 5.74) is 11.2. The number of phenolic OH excluding ortho intramolecular Hbond substituents is 1. The number of halogens is 1. The van der Waals surface area contributed by atoms with Crippen molar-refractivity contribution >= 4 is 21.8 Å². The number of phenols is 1. The van der Waals surface area contributed by atoms with Crippen LogP contribution in [0, 0.1) is 11.9 Å². The van der Waals surface area contributed by atoms with Crippen LogP contribution in [0.15, 0.2) is 170 Å². The van der Waals surface area contributed by atoms with Crippen LogP contribution in [-0.2, 0) is 21.1 Å². The third-order valence-corrected chi connectivity index (χ3v) is 9.32. The van der Waals surface area contributed by atoms with Gasteiger partial charge in [0.1, 0.15) is 0 Å². The topological polar surface area (TPSA) is 50.9 Å². The van der Waals surface area contributed by atoms with E-state index in [2.05, 4.69) is 89.5 Å². The van der Waals surface area contributed by atoms with E-state index in [9.17, 15) is 9.50 Å². The minimum atomic E-state index is -0.694. The summed E-state index contributed by atoms with van der Waals surface area (Å²) in [6.07, 6.45) is 1.85. The molecule has 0 fully saturated rings. The van der Waals surface area contributed by atoms with Gasteiger partial charge in [0.25, 0.3) is 0 Å². The van der Waals surface area contributed by atoms with E-state index < -0.39 is 11.6 Å². The van der Waals surface area contributed by atoms with Gasteiger partial charge in [-0.25, -0.2) is 4.39 Å². The number of pyridine rings is 2. The summed E-state index contributed by atoms with van der Waals surface area (Å²) in [4.78, 5) is 9.71. The molecule has 3 aromatic heterocycles. The molecule has 0 radical (unpaired) electrons. The third kappa shape index (κ3) is 5.89. The van der Waals surface area contributed by atoms with Crippen molar-refractivity contribution in [2.45, 2.75) is 0 Å². The van der Waals surface area contributed by atoms with E-state index in [4.69, 9.17) is 9.97 Å². The molecule has 9 rings (SSSR count). The SMILES string of the molecule is Oc1c(F)cccc1-c1cc(-c2ccccc2)cc(-c2[c-]c(-c3cc(-c4cccc5c6ccccc6n(-c6ccccc6)c45)ccn3)ccc2)n1.[Pt]. The van der Waals surface area contributed by atoms with Crippen molar-refractivity contribution in [2.24, 2.45) is 0 Å². The first-order chi connectivity index (χ1) is 25.1. The summed E-state index contributed by atoms with van der Waals surface area (Å²) < 4.78 is 16.8. The first-order valence-corrected chi connectivity index (χ1v) is 16.7. The Hall–Kier alpha value is -6.16. The zero-order valence-electron chi connectivity index (χ0n) is 27.6. The van der Waals surface area contributed by atoms with Crippen LogP contribution >= 0.6 is 0 Å². The van der Waals surface area contributed by atoms with Gasteiger partial charge in [-0.3, -0.25) is 9.97 Å². The van der Waals surface area contributed by atoms with Gasteiger partial charge in [-0.1, -0.05) is 114 Å². The van der Waals surface area contributed by atoms with Crippen LogP contribution in [0.5, 0.6) is 5.75 Å². The summed E-state index contributed by atoms with van der Waals surface area (Å²) in [6, 6.07) is 57.4. The maximum atomic E-state index is 14.5. The number of hydrogen-bond acceptors (Lipinski definition) is 3. The number of nitrogens with zero attached hydrogens (tertiary/aromatic N) is 3. The Labute approximate surface area is 314 Å². The predicted octanol–water partition coefficient (Wildman–Crippen LogP) is 11.6. The number of rotatable bonds is 6. The molecule has 0 aliphatic heterocycles. The van der Waals surface area contributed by atoms with E-state index in [-0.39, 0.29) is 21.1 Å². The Bertz CT molecular complexity index is 2730. The molecule has 52 heavy (non-hydrogen) atoms. The van der Waals surface area contributed by atoms with E-state index in [1.807, 2.05) is 72.9 Å². The number of para-hydroxylation sites is 4. The summed E-state index contributed by atoms with van der Waals surface area (Å²) in [6.45, 7) is 0. The minimum absolute atomic E-state index is 0. The van der Waals surface area contributed by atoms with Crippen molar-refractivity contribution < 1.29 is 30.6 Å². The molecule has 0 amide bonds. The van der Waals surface area contributed by atoms with Crippen molar-refractivity contribution in [3.8, 4) is 67.5 Å².